The molecule has 1 atom stereocenters. The lowest BCUT2D eigenvalue weighted by Crippen LogP contribution is -2.57. The first-order chi connectivity index (χ1) is 7.84. The minimum atomic E-state index is -4.58. The van der Waals surface area contributed by atoms with Gasteiger partial charge in [-0.25, -0.2) is 0 Å². The predicted octanol–water partition coefficient (Wildman–Crippen LogP) is 0.416. The summed E-state index contributed by atoms with van der Waals surface area (Å²) in [6.07, 6.45) is -2.45. The van der Waals surface area contributed by atoms with Gasteiger partial charge in [-0.15, -0.1) is 0 Å². The van der Waals surface area contributed by atoms with Crippen LogP contribution in [0.5, 0.6) is 0 Å². The second-order valence-electron chi connectivity index (χ2n) is 4.29. The molecule has 0 aromatic carbocycles. The predicted molar refractivity (Wildman–Crippen MR) is 54.6 cm³/mol. The molecule has 100 valence electrons. The third-order valence-corrected chi connectivity index (χ3v) is 3.16. The summed E-state index contributed by atoms with van der Waals surface area (Å²) < 4.78 is 37.8. The summed E-state index contributed by atoms with van der Waals surface area (Å²) in [5, 5.41) is 22.5. The molecule has 0 aromatic heterocycles. The van der Waals surface area contributed by atoms with Crippen molar-refractivity contribution in [2.75, 3.05) is 13.2 Å². The molecule has 1 fully saturated rings. The number of aliphatic hydroxyl groups excluding tert-OH is 1. The highest BCUT2D eigenvalue weighted by Crippen LogP contribution is 2.33. The number of alkyl halides is 3. The van der Waals surface area contributed by atoms with Gasteiger partial charge in [-0.05, 0) is 19.3 Å². The van der Waals surface area contributed by atoms with Gasteiger partial charge in [-0.2, -0.15) is 13.2 Å². The first-order valence-corrected chi connectivity index (χ1v) is 5.25. The Morgan fingerprint density at radius 3 is 2.35 bits per heavy atom. The molecule has 0 aromatic rings. The summed E-state index contributed by atoms with van der Waals surface area (Å²) in [6.45, 7) is -0.715. The molecule has 0 saturated heterocycles. The molecule has 0 spiro atoms. The Kier molecular flexibility index (Phi) is 4.21. The summed E-state index contributed by atoms with van der Waals surface area (Å²) >= 11 is 0. The largest absolute Gasteiger partial charge is 0.409 e. The normalized spacial score (nSPS) is 22.0. The van der Waals surface area contributed by atoms with Gasteiger partial charge in [0, 0.05) is 12.1 Å². The minimum absolute atomic E-state index is 0.215. The van der Waals surface area contributed by atoms with E-state index in [1.165, 1.54) is 0 Å². The molecule has 1 unspecified atom stereocenters. The highest BCUT2D eigenvalue weighted by molar-refractivity contribution is 5.83. The van der Waals surface area contributed by atoms with Gasteiger partial charge in [0.2, 0.25) is 0 Å². The summed E-state index contributed by atoms with van der Waals surface area (Å²) in [5.41, 5.74) is 4.37. The van der Waals surface area contributed by atoms with E-state index < -0.39 is 30.0 Å². The summed E-state index contributed by atoms with van der Waals surface area (Å²) in [4.78, 5) is 0. The van der Waals surface area contributed by atoms with Gasteiger partial charge in [-0.3, -0.25) is 0 Å². The van der Waals surface area contributed by atoms with Crippen LogP contribution in [0.15, 0.2) is 5.16 Å². The van der Waals surface area contributed by atoms with Crippen molar-refractivity contribution in [2.24, 2.45) is 16.8 Å². The van der Waals surface area contributed by atoms with Gasteiger partial charge >= 0.3 is 6.18 Å². The molecule has 0 heterocycles. The maximum absolute atomic E-state index is 12.6. The molecule has 0 radical (unpaired) electrons. The fourth-order valence-electron chi connectivity index (χ4n) is 1.77. The number of aliphatic hydroxyl groups is 1. The van der Waals surface area contributed by atoms with Crippen molar-refractivity contribution in [3.8, 4) is 0 Å². The molecule has 0 bridgehead atoms. The molecular formula is C9H16F3N3O2. The van der Waals surface area contributed by atoms with Crippen molar-refractivity contribution < 1.29 is 23.5 Å². The zero-order valence-electron chi connectivity index (χ0n) is 9.17. The molecule has 0 aliphatic heterocycles. The Bertz CT molecular complexity index is 284. The van der Waals surface area contributed by atoms with Crippen molar-refractivity contribution in [3.05, 3.63) is 0 Å². The second-order valence-corrected chi connectivity index (χ2v) is 4.29. The van der Waals surface area contributed by atoms with E-state index >= 15 is 0 Å². The molecule has 5 nitrogen and oxygen atoms in total. The van der Waals surface area contributed by atoms with E-state index in [0.29, 0.717) is 12.8 Å². The van der Waals surface area contributed by atoms with E-state index in [2.05, 4.69) is 10.5 Å². The number of nitrogens with two attached hydrogens (primary N) is 1. The van der Waals surface area contributed by atoms with Crippen molar-refractivity contribution >= 4 is 5.84 Å². The number of amidine groups is 1. The maximum Gasteiger partial charge on any atom is 0.400 e. The van der Waals surface area contributed by atoms with Crippen LogP contribution in [0.4, 0.5) is 13.2 Å². The van der Waals surface area contributed by atoms with Crippen LogP contribution in [0.3, 0.4) is 0 Å². The molecule has 1 rings (SSSR count). The molecule has 1 saturated carbocycles. The van der Waals surface area contributed by atoms with E-state index in [4.69, 9.17) is 16.0 Å². The number of halogens is 3. The fraction of sp³-hybridized carbons (Fsp3) is 0.889. The number of hydrogen-bond acceptors (Lipinski definition) is 4. The van der Waals surface area contributed by atoms with E-state index in [9.17, 15) is 13.2 Å². The number of rotatable bonds is 5. The molecule has 0 amide bonds. The average Bonchev–Trinajstić information content (AvgIpc) is 2.19. The van der Waals surface area contributed by atoms with Crippen LogP contribution < -0.4 is 11.1 Å². The summed E-state index contributed by atoms with van der Waals surface area (Å²) in [6, 6.07) is 0. The highest BCUT2D eigenvalue weighted by atomic mass is 19.4. The van der Waals surface area contributed by atoms with Crippen molar-refractivity contribution in [1.82, 2.24) is 5.32 Å². The van der Waals surface area contributed by atoms with Crippen LogP contribution >= 0.6 is 0 Å². The quantitative estimate of drug-likeness (QED) is 0.248. The lowest BCUT2D eigenvalue weighted by molar-refractivity contribution is -0.156. The average molecular weight is 255 g/mol. The lowest BCUT2D eigenvalue weighted by Gasteiger charge is -2.42. The first-order valence-electron chi connectivity index (χ1n) is 5.25. The van der Waals surface area contributed by atoms with Crippen molar-refractivity contribution in [3.63, 3.8) is 0 Å². The van der Waals surface area contributed by atoms with Crippen molar-refractivity contribution in [1.29, 1.82) is 0 Å². The van der Waals surface area contributed by atoms with Gasteiger partial charge in [0.05, 0.1) is 6.61 Å². The van der Waals surface area contributed by atoms with Crippen LogP contribution in [0.25, 0.3) is 0 Å². The zero-order chi connectivity index (χ0) is 13.1. The monoisotopic (exact) mass is 255 g/mol. The van der Waals surface area contributed by atoms with Crippen LogP contribution in [-0.2, 0) is 0 Å². The Morgan fingerprint density at radius 2 is 2.06 bits per heavy atom. The maximum atomic E-state index is 12.6. The minimum Gasteiger partial charge on any atom is -0.409 e. The molecule has 8 heteroatoms. The van der Waals surface area contributed by atoms with Gasteiger partial charge in [0.1, 0.15) is 5.92 Å². The molecule has 1 aliphatic carbocycles. The third-order valence-electron chi connectivity index (χ3n) is 3.16. The molecular weight excluding hydrogens is 239 g/mol. The van der Waals surface area contributed by atoms with Gasteiger partial charge in [0.15, 0.2) is 5.84 Å². The third kappa shape index (κ3) is 3.22. The zero-order valence-corrected chi connectivity index (χ0v) is 9.17. The Labute approximate surface area is 96.5 Å². The number of nitrogens with zero attached hydrogens (tertiary/aromatic N) is 1. The fourth-order valence-corrected chi connectivity index (χ4v) is 1.77. The van der Waals surface area contributed by atoms with Gasteiger partial charge in [0.25, 0.3) is 0 Å². The topological polar surface area (TPSA) is 90.9 Å². The van der Waals surface area contributed by atoms with Crippen LogP contribution in [0, 0.1) is 5.92 Å². The van der Waals surface area contributed by atoms with Gasteiger partial charge in [-0.1, -0.05) is 5.16 Å². The standard InChI is InChI=1S/C9H16F3N3O2/c10-9(11,12)6(7(13)15-17)4-14-8(5-16)2-1-3-8/h6,14,16-17H,1-5H2,(H2,13,15). The van der Waals surface area contributed by atoms with Crippen LogP contribution in [-0.4, -0.2) is 41.0 Å². The second kappa shape index (κ2) is 5.09. The van der Waals surface area contributed by atoms with Crippen LogP contribution in [0.1, 0.15) is 19.3 Å². The summed E-state index contributed by atoms with van der Waals surface area (Å²) in [7, 11) is 0. The molecule has 17 heavy (non-hydrogen) atoms. The Hall–Kier alpha value is -1.02. The first kappa shape index (κ1) is 14.0. The van der Waals surface area contributed by atoms with Crippen LogP contribution in [0.2, 0.25) is 0 Å². The Balaban J connectivity index is 2.62. The SMILES string of the molecule is NC(=NO)C(CNC1(CO)CCC1)C(F)(F)F. The van der Waals surface area contributed by atoms with E-state index in [1.807, 2.05) is 0 Å². The summed E-state index contributed by atoms with van der Waals surface area (Å²) in [5.74, 6) is -2.92. The lowest BCUT2D eigenvalue weighted by atomic mass is 9.77. The van der Waals surface area contributed by atoms with E-state index in [-0.39, 0.29) is 6.61 Å². The Morgan fingerprint density at radius 1 is 1.47 bits per heavy atom. The number of oxime groups is 1. The number of hydrogen-bond donors (Lipinski definition) is 4. The van der Waals surface area contributed by atoms with E-state index in [1.54, 1.807) is 0 Å². The van der Waals surface area contributed by atoms with Crippen molar-refractivity contribution in [2.45, 2.75) is 31.0 Å². The molecule has 5 N–H and O–H groups in total. The highest BCUT2D eigenvalue weighted by Gasteiger charge is 2.45. The molecule has 1 aliphatic rings. The smallest absolute Gasteiger partial charge is 0.400 e. The number of nitrogens with one attached hydrogen (secondary N) is 1. The van der Waals surface area contributed by atoms with E-state index in [0.717, 1.165) is 6.42 Å². The van der Waals surface area contributed by atoms with Gasteiger partial charge < -0.3 is 21.4 Å².